The Morgan fingerprint density at radius 3 is 2.55 bits per heavy atom. The molecule has 104 valence electrons. The third-order valence-electron chi connectivity index (χ3n) is 3.42. The summed E-state index contributed by atoms with van der Waals surface area (Å²) in [5, 5.41) is 0. The maximum Gasteiger partial charge on any atom is 0.159 e. The van der Waals surface area contributed by atoms with E-state index in [0.29, 0.717) is 23.3 Å². The third kappa shape index (κ3) is 2.25. The van der Waals surface area contributed by atoms with Gasteiger partial charge in [-0.3, -0.25) is 0 Å². The molecule has 0 aliphatic carbocycles. The van der Waals surface area contributed by atoms with E-state index in [0.717, 1.165) is 12.1 Å². The van der Waals surface area contributed by atoms with Crippen LogP contribution >= 0.6 is 0 Å². The van der Waals surface area contributed by atoms with E-state index in [4.69, 9.17) is 10.5 Å². The van der Waals surface area contributed by atoms with E-state index in [2.05, 4.69) is 0 Å². The molecule has 2 atom stereocenters. The van der Waals surface area contributed by atoms with Crippen LogP contribution in [0.1, 0.15) is 29.7 Å². The van der Waals surface area contributed by atoms with E-state index in [9.17, 15) is 13.2 Å². The van der Waals surface area contributed by atoms with Gasteiger partial charge in [-0.25, -0.2) is 13.2 Å². The smallest absolute Gasteiger partial charge is 0.159 e. The number of halogens is 3. The lowest BCUT2D eigenvalue weighted by Gasteiger charge is -2.30. The minimum atomic E-state index is -0.926. The highest BCUT2D eigenvalue weighted by Crippen LogP contribution is 2.40. The van der Waals surface area contributed by atoms with Crippen molar-refractivity contribution in [2.75, 3.05) is 0 Å². The Labute approximate surface area is 114 Å². The van der Waals surface area contributed by atoms with Crippen molar-refractivity contribution in [1.82, 2.24) is 0 Å². The average molecular weight is 279 g/mol. The summed E-state index contributed by atoms with van der Waals surface area (Å²) in [5.41, 5.74) is 7.09. The van der Waals surface area contributed by atoms with Crippen LogP contribution in [0.4, 0.5) is 13.2 Å². The van der Waals surface area contributed by atoms with Gasteiger partial charge in [0.25, 0.3) is 0 Å². The molecule has 0 aromatic heterocycles. The van der Waals surface area contributed by atoms with Gasteiger partial charge in [-0.2, -0.15) is 0 Å². The molecular formula is C15H12F3NO. The van der Waals surface area contributed by atoms with Gasteiger partial charge in [0.15, 0.2) is 11.6 Å². The molecule has 0 saturated carbocycles. The monoisotopic (exact) mass is 279 g/mol. The number of fused-ring (bicyclic) bond motifs is 1. The molecule has 0 radical (unpaired) electrons. The van der Waals surface area contributed by atoms with E-state index in [1.165, 1.54) is 24.3 Å². The summed E-state index contributed by atoms with van der Waals surface area (Å²) in [4.78, 5) is 0. The number of benzene rings is 2. The van der Waals surface area contributed by atoms with Crippen LogP contribution in [0.3, 0.4) is 0 Å². The van der Waals surface area contributed by atoms with Crippen LogP contribution in [-0.4, -0.2) is 0 Å². The zero-order chi connectivity index (χ0) is 14.3. The van der Waals surface area contributed by atoms with Gasteiger partial charge in [0.1, 0.15) is 17.7 Å². The van der Waals surface area contributed by atoms with E-state index in [1.807, 2.05) is 0 Å². The first-order valence-electron chi connectivity index (χ1n) is 6.21. The van der Waals surface area contributed by atoms with Crippen molar-refractivity contribution >= 4 is 0 Å². The van der Waals surface area contributed by atoms with E-state index in [1.54, 1.807) is 0 Å². The van der Waals surface area contributed by atoms with Crippen molar-refractivity contribution in [3.05, 3.63) is 65.0 Å². The molecule has 0 bridgehead atoms. The summed E-state index contributed by atoms with van der Waals surface area (Å²) in [6.07, 6.45) is -0.0975. The van der Waals surface area contributed by atoms with Crippen LogP contribution in [0.2, 0.25) is 0 Å². The molecule has 0 amide bonds. The number of hydrogen-bond acceptors (Lipinski definition) is 2. The summed E-state index contributed by atoms with van der Waals surface area (Å²) >= 11 is 0. The molecule has 2 aromatic rings. The van der Waals surface area contributed by atoms with Crippen molar-refractivity contribution in [1.29, 1.82) is 0 Å². The fourth-order valence-corrected chi connectivity index (χ4v) is 2.39. The topological polar surface area (TPSA) is 35.2 Å². The van der Waals surface area contributed by atoms with Gasteiger partial charge in [-0.1, -0.05) is 6.07 Å². The molecule has 0 saturated heterocycles. The standard InChI is InChI=1S/C15H12F3NO/c16-9-2-4-14-10(6-9)13(19)7-15(20-14)8-1-3-11(17)12(18)5-8/h1-6,13,15H,7,19H2. The van der Waals surface area contributed by atoms with Crippen LogP contribution in [0.25, 0.3) is 0 Å². The van der Waals surface area contributed by atoms with Crippen molar-refractivity contribution in [2.45, 2.75) is 18.6 Å². The van der Waals surface area contributed by atoms with Gasteiger partial charge in [-0.05, 0) is 35.9 Å². The number of ether oxygens (including phenoxy) is 1. The largest absolute Gasteiger partial charge is 0.485 e. The number of hydrogen-bond donors (Lipinski definition) is 1. The quantitative estimate of drug-likeness (QED) is 0.865. The Morgan fingerprint density at radius 1 is 1.00 bits per heavy atom. The summed E-state index contributed by atoms with van der Waals surface area (Å²) in [5.74, 6) is -1.74. The molecule has 2 N–H and O–H groups in total. The first-order valence-corrected chi connectivity index (χ1v) is 6.21. The highest BCUT2D eigenvalue weighted by Gasteiger charge is 2.28. The lowest BCUT2D eigenvalue weighted by molar-refractivity contribution is 0.160. The molecule has 5 heteroatoms. The van der Waals surface area contributed by atoms with Crippen LogP contribution < -0.4 is 10.5 Å². The second-order valence-electron chi connectivity index (χ2n) is 4.80. The van der Waals surface area contributed by atoms with E-state index < -0.39 is 23.8 Å². The molecule has 20 heavy (non-hydrogen) atoms. The highest BCUT2D eigenvalue weighted by atomic mass is 19.2. The van der Waals surface area contributed by atoms with E-state index >= 15 is 0 Å². The minimum absolute atomic E-state index is 0.377. The van der Waals surface area contributed by atoms with Crippen molar-refractivity contribution in [2.24, 2.45) is 5.73 Å². The Kier molecular flexibility index (Phi) is 3.14. The second-order valence-corrected chi connectivity index (χ2v) is 4.80. The molecule has 1 heterocycles. The number of rotatable bonds is 1. The lowest BCUT2D eigenvalue weighted by atomic mass is 9.93. The first kappa shape index (κ1) is 13.0. The van der Waals surface area contributed by atoms with Crippen molar-refractivity contribution in [3.63, 3.8) is 0 Å². The first-order chi connectivity index (χ1) is 9.54. The Hall–Kier alpha value is -2.01. The molecular weight excluding hydrogens is 267 g/mol. The molecule has 2 unspecified atom stereocenters. The van der Waals surface area contributed by atoms with Crippen LogP contribution in [0.15, 0.2) is 36.4 Å². The SMILES string of the molecule is NC1CC(c2ccc(F)c(F)c2)Oc2ccc(F)cc21. The fourth-order valence-electron chi connectivity index (χ4n) is 2.39. The van der Waals surface area contributed by atoms with Crippen molar-refractivity contribution < 1.29 is 17.9 Å². The Bertz CT molecular complexity index is 660. The fraction of sp³-hybridized carbons (Fsp3) is 0.200. The zero-order valence-corrected chi connectivity index (χ0v) is 10.4. The Balaban J connectivity index is 1.94. The summed E-state index contributed by atoms with van der Waals surface area (Å²) in [6.45, 7) is 0. The van der Waals surface area contributed by atoms with Gasteiger partial charge in [0, 0.05) is 18.0 Å². The maximum atomic E-state index is 13.3. The number of nitrogens with two attached hydrogens (primary N) is 1. The predicted octanol–water partition coefficient (Wildman–Crippen LogP) is 3.63. The lowest BCUT2D eigenvalue weighted by Crippen LogP contribution is -2.24. The summed E-state index contributed by atoms with van der Waals surface area (Å²) in [6, 6.07) is 7.32. The molecule has 0 spiro atoms. The maximum absolute atomic E-state index is 13.3. The Morgan fingerprint density at radius 2 is 1.80 bits per heavy atom. The summed E-state index contributed by atoms with van der Waals surface area (Å²) in [7, 11) is 0. The molecule has 1 aliphatic heterocycles. The van der Waals surface area contributed by atoms with Gasteiger partial charge in [-0.15, -0.1) is 0 Å². The molecule has 2 aromatic carbocycles. The molecule has 1 aliphatic rings. The van der Waals surface area contributed by atoms with Gasteiger partial charge in [0.2, 0.25) is 0 Å². The summed E-state index contributed by atoms with van der Waals surface area (Å²) < 4.78 is 45.1. The molecule has 0 fully saturated rings. The van der Waals surface area contributed by atoms with Crippen LogP contribution in [0.5, 0.6) is 5.75 Å². The van der Waals surface area contributed by atoms with Crippen LogP contribution in [-0.2, 0) is 0 Å². The highest BCUT2D eigenvalue weighted by molar-refractivity contribution is 5.39. The van der Waals surface area contributed by atoms with Crippen molar-refractivity contribution in [3.8, 4) is 5.75 Å². The predicted molar refractivity (Wildman–Crippen MR) is 67.7 cm³/mol. The second kappa shape index (κ2) is 4.83. The van der Waals surface area contributed by atoms with Crippen LogP contribution in [0, 0.1) is 17.5 Å². The molecule has 3 rings (SSSR count). The minimum Gasteiger partial charge on any atom is -0.485 e. The van der Waals surface area contributed by atoms with E-state index in [-0.39, 0.29) is 5.82 Å². The third-order valence-corrected chi connectivity index (χ3v) is 3.42. The normalized spacial score (nSPS) is 21.2. The zero-order valence-electron chi connectivity index (χ0n) is 10.4. The van der Waals surface area contributed by atoms with Gasteiger partial charge < -0.3 is 10.5 Å². The van der Waals surface area contributed by atoms with Gasteiger partial charge >= 0.3 is 0 Å². The van der Waals surface area contributed by atoms with Gasteiger partial charge in [0.05, 0.1) is 0 Å². The molecule has 2 nitrogen and oxygen atoms in total. The average Bonchev–Trinajstić information content (AvgIpc) is 2.42.